The molecule has 0 spiro atoms. The van der Waals surface area contributed by atoms with Gasteiger partial charge in [0.1, 0.15) is 22.8 Å². The molecule has 8 nitrogen and oxygen atoms in total. The van der Waals surface area contributed by atoms with Crippen LogP contribution in [-0.2, 0) is 4.74 Å². The minimum absolute atomic E-state index is 0.0573. The van der Waals surface area contributed by atoms with Crippen LogP contribution in [0.25, 0.3) is 11.0 Å². The standard InChI is InChI=1S/C26H21NO7/c1-15-24(23(28)20-13-12-18(31-2)14-22(20)33-15)34-17-10-8-16(9-11-17)25(29)27-21-7-5-4-6-19(21)26(30)32-3/h4-14H,1-3H3,(H,27,29). The van der Waals surface area contributed by atoms with E-state index in [1.165, 1.54) is 14.2 Å². The highest BCUT2D eigenvalue weighted by Crippen LogP contribution is 2.27. The van der Waals surface area contributed by atoms with Gasteiger partial charge in [0.2, 0.25) is 11.2 Å². The molecule has 1 aromatic heterocycles. The zero-order chi connectivity index (χ0) is 24.2. The maximum Gasteiger partial charge on any atom is 0.339 e. The number of benzene rings is 3. The highest BCUT2D eigenvalue weighted by atomic mass is 16.5. The second kappa shape index (κ2) is 9.50. The first-order valence-electron chi connectivity index (χ1n) is 10.3. The maximum absolute atomic E-state index is 12.9. The van der Waals surface area contributed by atoms with Crippen molar-refractivity contribution >= 4 is 28.5 Å². The number of hydrogen-bond acceptors (Lipinski definition) is 7. The average Bonchev–Trinajstić information content (AvgIpc) is 2.86. The molecule has 0 aliphatic heterocycles. The van der Waals surface area contributed by atoms with Gasteiger partial charge >= 0.3 is 5.97 Å². The van der Waals surface area contributed by atoms with Crippen LogP contribution in [-0.4, -0.2) is 26.1 Å². The van der Waals surface area contributed by atoms with E-state index in [1.807, 2.05) is 0 Å². The number of fused-ring (bicyclic) bond motifs is 1. The monoisotopic (exact) mass is 459 g/mol. The van der Waals surface area contributed by atoms with Crippen LogP contribution in [0.5, 0.6) is 17.2 Å². The van der Waals surface area contributed by atoms with E-state index in [0.717, 1.165) is 0 Å². The van der Waals surface area contributed by atoms with E-state index in [4.69, 9.17) is 18.6 Å². The van der Waals surface area contributed by atoms with Crippen molar-refractivity contribution in [2.75, 3.05) is 19.5 Å². The van der Waals surface area contributed by atoms with Gasteiger partial charge in [-0.2, -0.15) is 0 Å². The van der Waals surface area contributed by atoms with Crippen molar-refractivity contribution in [3.8, 4) is 17.2 Å². The number of carbonyl (C=O) groups is 2. The van der Waals surface area contributed by atoms with Gasteiger partial charge in [-0.15, -0.1) is 0 Å². The quantitative estimate of drug-likeness (QED) is 0.407. The number of aryl methyl sites for hydroxylation is 1. The van der Waals surface area contributed by atoms with Gasteiger partial charge in [0.15, 0.2) is 0 Å². The molecule has 0 saturated heterocycles. The van der Waals surface area contributed by atoms with Crippen LogP contribution < -0.4 is 20.2 Å². The van der Waals surface area contributed by atoms with E-state index in [-0.39, 0.29) is 16.7 Å². The first-order chi connectivity index (χ1) is 16.4. The normalized spacial score (nSPS) is 10.6. The molecule has 0 bridgehead atoms. The number of rotatable bonds is 6. The molecule has 34 heavy (non-hydrogen) atoms. The maximum atomic E-state index is 12.9. The molecule has 0 aliphatic rings. The van der Waals surface area contributed by atoms with Gasteiger partial charge in [-0.25, -0.2) is 4.79 Å². The number of carbonyl (C=O) groups excluding carboxylic acids is 2. The molecular weight excluding hydrogens is 438 g/mol. The van der Waals surface area contributed by atoms with Crippen LogP contribution in [0, 0.1) is 6.92 Å². The molecule has 0 saturated carbocycles. The summed E-state index contributed by atoms with van der Waals surface area (Å²) >= 11 is 0. The zero-order valence-corrected chi connectivity index (χ0v) is 18.7. The van der Waals surface area contributed by atoms with Crippen molar-refractivity contribution in [3.05, 3.63) is 93.8 Å². The van der Waals surface area contributed by atoms with Gasteiger partial charge in [-0.3, -0.25) is 9.59 Å². The third kappa shape index (κ3) is 4.47. The van der Waals surface area contributed by atoms with Crippen LogP contribution >= 0.6 is 0 Å². The molecule has 0 unspecified atom stereocenters. The molecule has 1 amide bonds. The molecule has 3 aromatic carbocycles. The number of esters is 1. The van der Waals surface area contributed by atoms with Gasteiger partial charge < -0.3 is 23.9 Å². The Kier molecular flexibility index (Phi) is 6.31. The third-order valence-electron chi connectivity index (χ3n) is 5.14. The molecule has 1 heterocycles. The predicted octanol–water partition coefficient (Wildman–Crippen LogP) is 4.94. The summed E-state index contributed by atoms with van der Waals surface area (Å²) in [6.07, 6.45) is 0. The van der Waals surface area contributed by atoms with Crippen LogP contribution in [0.1, 0.15) is 26.5 Å². The Hall–Kier alpha value is -4.59. The van der Waals surface area contributed by atoms with Gasteiger partial charge in [-0.1, -0.05) is 12.1 Å². The highest BCUT2D eigenvalue weighted by molar-refractivity contribution is 6.08. The number of anilines is 1. The number of nitrogens with one attached hydrogen (secondary N) is 1. The fourth-order valence-corrected chi connectivity index (χ4v) is 3.38. The lowest BCUT2D eigenvalue weighted by Gasteiger charge is -2.11. The summed E-state index contributed by atoms with van der Waals surface area (Å²) in [6, 6.07) is 17.7. The highest BCUT2D eigenvalue weighted by Gasteiger charge is 2.16. The summed E-state index contributed by atoms with van der Waals surface area (Å²) < 4.78 is 21.5. The van der Waals surface area contributed by atoms with Crippen molar-refractivity contribution in [2.24, 2.45) is 0 Å². The third-order valence-corrected chi connectivity index (χ3v) is 5.14. The molecule has 1 N–H and O–H groups in total. The largest absolute Gasteiger partial charge is 0.497 e. The molecule has 4 rings (SSSR count). The van der Waals surface area contributed by atoms with E-state index in [0.29, 0.717) is 39.5 Å². The lowest BCUT2D eigenvalue weighted by atomic mass is 10.1. The van der Waals surface area contributed by atoms with Crippen molar-refractivity contribution in [1.82, 2.24) is 0 Å². The molecule has 8 heteroatoms. The number of methoxy groups -OCH3 is 2. The lowest BCUT2D eigenvalue weighted by Crippen LogP contribution is -2.15. The second-order valence-electron chi connectivity index (χ2n) is 7.30. The van der Waals surface area contributed by atoms with Crippen LogP contribution in [0.2, 0.25) is 0 Å². The summed E-state index contributed by atoms with van der Waals surface area (Å²) in [5.74, 6) is 0.330. The topological polar surface area (TPSA) is 104 Å². The first-order valence-corrected chi connectivity index (χ1v) is 10.3. The fourth-order valence-electron chi connectivity index (χ4n) is 3.38. The summed E-state index contributed by atoms with van der Waals surface area (Å²) in [7, 11) is 2.81. The summed E-state index contributed by atoms with van der Waals surface area (Å²) in [6.45, 7) is 1.64. The first kappa shape index (κ1) is 22.6. The molecule has 4 aromatic rings. The van der Waals surface area contributed by atoms with Gasteiger partial charge in [0, 0.05) is 11.6 Å². The van der Waals surface area contributed by atoms with E-state index in [1.54, 1.807) is 73.7 Å². The Morgan fingerprint density at radius 2 is 1.62 bits per heavy atom. The van der Waals surface area contributed by atoms with Crippen LogP contribution in [0.3, 0.4) is 0 Å². The van der Waals surface area contributed by atoms with Gasteiger partial charge in [0.05, 0.1) is 30.9 Å². The fraction of sp³-hybridized carbons (Fsp3) is 0.115. The minimum atomic E-state index is -0.553. The molecule has 0 aliphatic carbocycles. The van der Waals surface area contributed by atoms with E-state index < -0.39 is 11.9 Å². The zero-order valence-electron chi connectivity index (χ0n) is 18.7. The molecular formula is C26H21NO7. The van der Waals surface area contributed by atoms with Crippen LogP contribution in [0.4, 0.5) is 5.69 Å². The minimum Gasteiger partial charge on any atom is -0.497 e. The number of para-hydroxylation sites is 1. The Bertz CT molecular complexity index is 1440. The van der Waals surface area contributed by atoms with Gasteiger partial charge in [0.25, 0.3) is 5.91 Å². The van der Waals surface area contributed by atoms with Crippen molar-refractivity contribution < 1.29 is 28.2 Å². The Balaban J connectivity index is 1.55. The molecule has 0 radical (unpaired) electrons. The van der Waals surface area contributed by atoms with Gasteiger partial charge in [-0.05, 0) is 55.5 Å². The second-order valence-corrected chi connectivity index (χ2v) is 7.30. The smallest absolute Gasteiger partial charge is 0.339 e. The lowest BCUT2D eigenvalue weighted by molar-refractivity contribution is 0.0602. The number of amides is 1. The van der Waals surface area contributed by atoms with Crippen molar-refractivity contribution in [2.45, 2.75) is 6.92 Å². The number of hydrogen-bond donors (Lipinski definition) is 1. The predicted molar refractivity (Wildman–Crippen MR) is 126 cm³/mol. The average molecular weight is 459 g/mol. The molecule has 0 atom stereocenters. The SMILES string of the molecule is COC(=O)c1ccccc1NC(=O)c1ccc(Oc2c(C)oc3cc(OC)ccc3c2=O)cc1. The van der Waals surface area contributed by atoms with E-state index in [2.05, 4.69) is 5.32 Å². The molecule has 172 valence electrons. The summed E-state index contributed by atoms with van der Waals surface area (Å²) in [5.41, 5.74) is 0.993. The summed E-state index contributed by atoms with van der Waals surface area (Å²) in [5, 5.41) is 3.07. The van der Waals surface area contributed by atoms with Crippen molar-refractivity contribution in [1.29, 1.82) is 0 Å². The Morgan fingerprint density at radius 3 is 2.32 bits per heavy atom. The summed E-state index contributed by atoms with van der Waals surface area (Å²) in [4.78, 5) is 37.5. The van der Waals surface area contributed by atoms with E-state index >= 15 is 0 Å². The Labute approximate surface area is 194 Å². The van der Waals surface area contributed by atoms with E-state index in [9.17, 15) is 14.4 Å². The van der Waals surface area contributed by atoms with Crippen molar-refractivity contribution in [3.63, 3.8) is 0 Å². The number of ether oxygens (including phenoxy) is 3. The Morgan fingerprint density at radius 1 is 0.912 bits per heavy atom. The van der Waals surface area contributed by atoms with Crippen LogP contribution in [0.15, 0.2) is 75.9 Å². The molecule has 0 fully saturated rings.